The van der Waals surface area contributed by atoms with Gasteiger partial charge < -0.3 is 9.47 Å². The third-order valence-corrected chi connectivity index (χ3v) is 4.78. The van der Waals surface area contributed by atoms with Crippen molar-refractivity contribution in [1.29, 1.82) is 0 Å². The summed E-state index contributed by atoms with van der Waals surface area (Å²) in [6, 6.07) is 8.54. The molecule has 0 aliphatic rings. The van der Waals surface area contributed by atoms with Crippen LogP contribution in [0.3, 0.4) is 0 Å². The zero-order valence-corrected chi connectivity index (χ0v) is 16.4. The van der Waals surface area contributed by atoms with Crippen molar-refractivity contribution in [2.75, 3.05) is 7.11 Å². The van der Waals surface area contributed by atoms with Gasteiger partial charge in [0.2, 0.25) is 0 Å². The third kappa shape index (κ3) is 4.28. The molecule has 25 heavy (non-hydrogen) atoms. The van der Waals surface area contributed by atoms with Gasteiger partial charge >= 0.3 is 0 Å². The maximum atomic E-state index is 13.0. The molecular weight excluding hydrogens is 359 g/mol. The van der Waals surface area contributed by atoms with Gasteiger partial charge in [0.1, 0.15) is 0 Å². The molecule has 0 radical (unpaired) electrons. The maximum absolute atomic E-state index is 13.0. The fourth-order valence-corrected chi connectivity index (χ4v) is 3.21. The minimum atomic E-state index is -0.231. The van der Waals surface area contributed by atoms with Crippen LogP contribution in [0.25, 0.3) is 0 Å². The molecule has 3 nitrogen and oxygen atoms in total. The van der Waals surface area contributed by atoms with Gasteiger partial charge in [0.15, 0.2) is 17.3 Å². The molecule has 2 aromatic carbocycles. The van der Waals surface area contributed by atoms with E-state index < -0.39 is 0 Å². The highest BCUT2D eigenvalue weighted by atomic mass is 35.5. The number of benzene rings is 2. The summed E-state index contributed by atoms with van der Waals surface area (Å²) >= 11 is 12.4. The van der Waals surface area contributed by atoms with Crippen LogP contribution >= 0.6 is 23.2 Å². The van der Waals surface area contributed by atoms with Gasteiger partial charge in [-0.05, 0) is 49.6 Å². The second-order valence-corrected chi connectivity index (χ2v) is 6.61. The lowest BCUT2D eigenvalue weighted by atomic mass is 9.98. The van der Waals surface area contributed by atoms with E-state index in [4.69, 9.17) is 32.7 Å². The molecule has 0 unspecified atom stereocenters. The minimum Gasteiger partial charge on any atom is -0.493 e. The van der Waals surface area contributed by atoms with Crippen LogP contribution in [0.5, 0.6) is 11.5 Å². The summed E-state index contributed by atoms with van der Waals surface area (Å²) in [5.41, 5.74) is 1.57. The molecule has 0 aliphatic carbocycles. The summed E-state index contributed by atoms with van der Waals surface area (Å²) in [6.45, 7) is 5.97. The number of ether oxygens (including phenoxy) is 2. The fraction of sp³-hybridized carbons (Fsp3) is 0.350. The maximum Gasteiger partial charge on any atom is 0.196 e. The first-order chi connectivity index (χ1) is 11.9. The standard InChI is InChI=1S/C20H22Cl2O3/c1-5-13(6-2)25-18-11-14(12(3)10-17(18)24-4)20(23)19-15(21)8-7-9-16(19)22/h7-11,13H,5-6H2,1-4H3. The molecule has 0 aliphatic heterocycles. The van der Waals surface area contributed by atoms with Crippen molar-refractivity contribution in [3.05, 3.63) is 57.1 Å². The number of ketones is 1. The molecule has 2 rings (SSSR count). The number of hydrogen-bond acceptors (Lipinski definition) is 3. The molecular formula is C20H22Cl2O3. The number of hydrogen-bond donors (Lipinski definition) is 0. The fourth-order valence-electron chi connectivity index (χ4n) is 2.64. The quantitative estimate of drug-likeness (QED) is 0.543. The normalized spacial score (nSPS) is 10.8. The van der Waals surface area contributed by atoms with Gasteiger partial charge in [0.25, 0.3) is 0 Å². The van der Waals surface area contributed by atoms with Crippen LogP contribution in [-0.2, 0) is 0 Å². The molecule has 0 N–H and O–H groups in total. The predicted octanol–water partition coefficient (Wildman–Crippen LogP) is 6.11. The average molecular weight is 381 g/mol. The number of rotatable bonds is 7. The number of halogens is 2. The highest BCUT2D eigenvalue weighted by Crippen LogP contribution is 2.35. The lowest BCUT2D eigenvalue weighted by molar-refractivity contribution is 0.103. The van der Waals surface area contributed by atoms with Crippen molar-refractivity contribution in [2.24, 2.45) is 0 Å². The van der Waals surface area contributed by atoms with E-state index in [1.54, 1.807) is 37.4 Å². The average Bonchev–Trinajstić information content (AvgIpc) is 2.59. The Labute approximate surface area is 158 Å². The summed E-state index contributed by atoms with van der Waals surface area (Å²) in [7, 11) is 1.58. The van der Waals surface area contributed by atoms with Crippen molar-refractivity contribution in [2.45, 2.75) is 39.7 Å². The van der Waals surface area contributed by atoms with E-state index in [-0.39, 0.29) is 11.9 Å². The lowest BCUT2D eigenvalue weighted by Gasteiger charge is -2.19. The largest absolute Gasteiger partial charge is 0.493 e. The van der Waals surface area contributed by atoms with Crippen LogP contribution in [0.15, 0.2) is 30.3 Å². The summed E-state index contributed by atoms with van der Waals surface area (Å²) in [6.07, 6.45) is 1.80. The summed E-state index contributed by atoms with van der Waals surface area (Å²) in [4.78, 5) is 13.0. The molecule has 0 heterocycles. The number of aryl methyl sites for hydroxylation is 1. The van der Waals surface area contributed by atoms with Gasteiger partial charge in [0, 0.05) is 5.56 Å². The Morgan fingerprint density at radius 2 is 1.68 bits per heavy atom. The Morgan fingerprint density at radius 3 is 2.20 bits per heavy atom. The third-order valence-electron chi connectivity index (χ3n) is 4.15. The highest BCUT2D eigenvalue weighted by Gasteiger charge is 2.21. The minimum absolute atomic E-state index is 0.0588. The topological polar surface area (TPSA) is 35.5 Å². The second-order valence-electron chi connectivity index (χ2n) is 5.80. The second kappa shape index (κ2) is 8.59. The van der Waals surface area contributed by atoms with Gasteiger partial charge in [-0.2, -0.15) is 0 Å². The molecule has 0 fully saturated rings. The van der Waals surface area contributed by atoms with Crippen LogP contribution in [0.2, 0.25) is 10.0 Å². The summed E-state index contributed by atoms with van der Waals surface area (Å²) < 4.78 is 11.4. The van der Waals surface area contributed by atoms with Crippen molar-refractivity contribution in [3.8, 4) is 11.5 Å². The number of carbonyl (C=O) groups is 1. The monoisotopic (exact) mass is 380 g/mol. The first kappa shape index (κ1) is 19.6. The van der Waals surface area contributed by atoms with Gasteiger partial charge in [-0.15, -0.1) is 0 Å². The van der Waals surface area contributed by atoms with Crippen molar-refractivity contribution < 1.29 is 14.3 Å². The molecule has 0 saturated heterocycles. The first-order valence-corrected chi connectivity index (χ1v) is 9.02. The molecule has 0 spiro atoms. The van der Waals surface area contributed by atoms with E-state index in [9.17, 15) is 4.79 Å². The Hall–Kier alpha value is -1.71. The SMILES string of the molecule is CCC(CC)Oc1cc(C(=O)c2c(Cl)cccc2Cl)c(C)cc1OC. The summed E-state index contributed by atoms with van der Waals surface area (Å²) in [5, 5.41) is 0.658. The van der Waals surface area contributed by atoms with Gasteiger partial charge in [-0.1, -0.05) is 43.1 Å². The van der Waals surface area contributed by atoms with Crippen LogP contribution in [0.1, 0.15) is 48.2 Å². The molecule has 5 heteroatoms. The Morgan fingerprint density at radius 1 is 1.08 bits per heavy atom. The molecule has 0 atom stereocenters. The van der Waals surface area contributed by atoms with Crippen molar-refractivity contribution in [3.63, 3.8) is 0 Å². The first-order valence-electron chi connectivity index (χ1n) is 8.26. The lowest BCUT2D eigenvalue weighted by Crippen LogP contribution is -2.15. The Kier molecular flexibility index (Phi) is 6.74. The smallest absolute Gasteiger partial charge is 0.196 e. The van der Waals surface area contributed by atoms with Crippen LogP contribution < -0.4 is 9.47 Å². The summed E-state index contributed by atoms with van der Waals surface area (Å²) in [5.74, 6) is 0.921. The molecule has 0 aromatic heterocycles. The number of methoxy groups -OCH3 is 1. The van der Waals surface area contributed by atoms with E-state index in [0.717, 1.165) is 18.4 Å². The molecule has 134 valence electrons. The van der Waals surface area contributed by atoms with Crippen molar-refractivity contribution in [1.82, 2.24) is 0 Å². The van der Waals surface area contributed by atoms with Crippen LogP contribution in [0.4, 0.5) is 0 Å². The van der Waals surface area contributed by atoms with Crippen molar-refractivity contribution >= 4 is 29.0 Å². The molecule has 0 saturated carbocycles. The molecule has 0 bridgehead atoms. The van der Waals surface area contributed by atoms with E-state index >= 15 is 0 Å². The van der Waals surface area contributed by atoms with Gasteiger partial charge in [-0.3, -0.25) is 4.79 Å². The van der Waals surface area contributed by atoms with E-state index in [0.29, 0.717) is 32.7 Å². The predicted molar refractivity (Wildman–Crippen MR) is 103 cm³/mol. The van der Waals surface area contributed by atoms with Crippen LogP contribution in [-0.4, -0.2) is 19.0 Å². The van der Waals surface area contributed by atoms with Gasteiger partial charge in [0.05, 0.1) is 28.8 Å². The zero-order valence-electron chi connectivity index (χ0n) is 14.9. The number of carbonyl (C=O) groups excluding carboxylic acids is 1. The zero-order chi connectivity index (χ0) is 18.6. The van der Waals surface area contributed by atoms with E-state index in [1.165, 1.54) is 0 Å². The highest BCUT2D eigenvalue weighted by molar-refractivity contribution is 6.41. The Bertz CT molecular complexity index is 748. The molecule has 0 amide bonds. The van der Waals surface area contributed by atoms with Gasteiger partial charge in [-0.25, -0.2) is 0 Å². The van der Waals surface area contributed by atoms with E-state index in [2.05, 4.69) is 13.8 Å². The van der Waals surface area contributed by atoms with E-state index in [1.807, 2.05) is 6.92 Å². The van der Waals surface area contributed by atoms with Crippen LogP contribution in [0, 0.1) is 6.92 Å². The Balaban J connectivity index is 2.52. The molecule has 2 aromatic rings.